The maximum absolute atomic E-state index is 14.2. The van der Waals surface area contributed by atoms with Crippen molar-refractivity contribution in [3.8, 4) is 0 Å². The zero-order valence-electron chi connectivity index (χ0n) is 15.5. The molecule has 1 N–H and O–H groups in total. The topological polar surface area (TPSA) is 76.5 Å². The molecule has 0 aliphatic rings. The number of hydrogen-bond donors (Lipinski definition) is 1. The fourth-order valence-corrected chi connectivity index (χ4v) is 2.87. The minimum atomic E-state index is -1.85. The number of rotatable bonds is 8. The molecule has 0 spiro atoms. The van der Waals surface area contributed by atoms with Gasteiger partial charge in [0.25, 0.3) is 0 Å². The number of ether oxygens (including phenoxy) is 2. The quantitative estimate of drug-likeness (QED) is 0.367. The third-order valence-corrected chi connectivity index (χ3v) is 4.81. The summed E-state index contributed by atoms with van der Waals surface area (Å²) in [5.41, 5.74) is 2.60. The van der Waals surface area contributed by atoms with E-state index < -0.39 is 29.0 Å². The lowest BCUT2D eigenvalue weighted by Crippen LogP contribution is -2.39. The van der Waals surface area contributed by atoms with Gasteiger partial charge in [0.2, 0.25) is 0 Å². The van der Waals surface area contributed by atoms with E-state index >= 15 is 0 Å². The van der Waals surface area contributed by atoms with E-state index in [2.05, 4.69) is 15.9 Å². The summed E-state index contributed by atoms with van der Waals surface area (Å²) in [5.74, 6) is -1.29. The lowest BCUT2D eigenvalue weighted by atomic mass is 10.1. The molecule has 0 aromatic heterocycles. The normalized spacial score (nSPS) is 13.9. The Morgan fingerprint density at radius 2 is 1.46 bits per heavy atom. The zero-order chi connectivity index (χ0) is 20.7. The van der Waals surface area contributed by atoms with Gasteiger partial charge in [0.1, 0.15) is 6.61 Å². The largest absolute Gasteiger partial charge is 0.461 e. The van der Waals surface area contributed by atoms with Crippen LogP contribution in [-0.4, -0.2) is 41.9 Å². The van der Waals surface area contributed by atoms with Gasteiger partial charge in [0, 0.05) is 6.21 Å². The van der Waals surface area contributed by atoms with Crippen molar-refractivity contribution in [3.63, 3.8) is 0 Å². The van der Waals surface area contributed by atoms with Gasteiger partial charge in [-0.1, -0.05) is 51.3 Å². The van der Waals surface area contributed by atoms with Crippen LogP contribution in [-0.2, 0) is 9.47 Å². The molecule has 2 aromatic carbocycles. The molecule has 2 aromatic rings. The predicted molar refractivity (Wildman–Crippen MR) is 108 cm³/mol. The van der Waals surface area contributed by atoms with Crippen molar-refractivity contribution in [2.45, 2.75) is 31.0 Å². The van der Waals surface area contributed by atoms with Crippen LogP contribution in [0.3, 0.4) is 0 Å². The van der Waals surface area contributed by atoms with E-state index in [1.54, 1.807) is 48.5 Å². The molecular formula is C21H21BrFNO4. The highest BCUT2D eigenvalue weighted by Gasteiger charge is 2.32. The first-order valence-corrected chi connectivity index (χ1v) is 9.53. The van der Waals surface area contributed by atoms with E-state index in [0.29, 0.717) is 11.8 Å². The predicted octanol–water partition coefficient (Wildman–Crippen LogP) is 4.44. The lowest BCUT2D eigenvalue weighted by molar-refractivity contribution is 0.00882. The average Bonchev–Trinajstić information content (AvgIpc) is 2.70. The van der Waals surface area contributed by atoms with E-state index in [1.165, 1.54) is 0 Å². The highest BCUT2D eigenvalue weighted by molar-refractivity contribution is 9.09. The Hall–Kier alpha value is -2.54. The number of aryl methyl sites for hydroxylation is 2. The molecule has 0 saturated heterocycles. The van der Waals surface area contributed by atoms with Crippen LogP contribution < -0.4 is 0 Å². The van der Waals surface area contributed by atoms with Gasteiger partial charge in [-0.25, -0.2) is 14.0 Å². The van der Waals surface area contributed by atoms with E-state index in [-0.39, 0.29) is 12.2 Å². The van der Waals surface area contributed by atoms with Crippen LogP contribution in [0.1, 0.15) is 31.8 Å². The average molecular weight is 450 g/mol. The summed E-state index contributed by atoms with van der Waals surface area (Å²) in [6.07, 6.45) is -2.63. The van der Waals surface area contributed by atoms with Crippen LogP contribution in [0, 0.1) is 19.3 Å². The summed E-state index contributed by atoms with van der Waals surface area (Å²) in [5, 5.41) is 7.16. The Balaban J connectivity index is 2.01. The number of carbonyl (C=O) groups is 2. The zero-order valence-corrected chi connectivity index (χ0v) is 17.1. The van der Waals surface area contributed by atoms with E-state index in [4.69, 9.17) is 14.9 Å². The number of carbonyl (C=O) groups excluding carboxylic acids is 2. The number of hydrogen-bond acceptors (Lipinski definition) is 5. The maximum Gasteiger partial charge on any atom is 0.338 e. The second kappa shape index (κ2) is 10.1. The molecule has 28 heavy (non-hydrogen) atoms. The number of halogens is 2. The molecule has 0 fully saturated rings. The molecule has 5 nitrogen and oxygen atoms in total. The molecule has 0 bridgehead atoms. The number of nitrogens with one attached hydrogen (secondary N) is 1. The third-order valence-electron chi connectivity index (χ3n) is 4.02. The molecule has 0 amide bonds. The summed E-state index contributed by atoms with van der Waals surface area (Å²) < 4.78 is 24.6. The minimum absolute atomic E-state index is 0.229. The van der Waals surface area contributed by atoms with Crippen LogP contribution in [0.5, 0.6) is 0 Å². The van der Waals surface area contributed by atoms with Crippen LogP contribution in [0.2, 0.25) is 0 Å². The Morgan fingerprint density at radius 3 is 1.93 bits per heavy atom. The number of benzene rings is 2. The molecule has 0 radical (unpaired) electrons. The summed E-state index contributed by atoms with van der Waals surface area (Å²) in [7, 11) is 0. The fraction of sp³-hybridized carbons (Fsp3) is 0.286. The van der Waals surface area contributed by atoms with Gasteiger partial charge in [0.05, 0.1) is 16.0 Å². The lowest BCUT2D eigenvalue weighted by Gasteiger charge is -2.24. The molecule has 7 heteroatoms. The Kier molecular flexibility index (Phi) is 7.87. The van der Waals surface area contributed by atoms with E-state index in [0.717, 1.165) is 11.1 Å². The third kappa shape index (κ3) is 5.99. The van der Waals surface area contributed by atoms with Crippen molar-refractivity contribution in [2.75, 3.05) is 6.61 Å². The van der Waals surface area contributed by atoms with Crippen LogP contribution >= 0.6 is 15.9 Å². The summed E-state index contributed by atoms with van der Waals surface area (Å²) >= 11 is 3.21. The monoisotopic (exact) mass is 449 g/mol. The smallest absolute Gasteiger partial charge is 0.338 e. The van der Waals surface area contributed by atoms with Gasteiger partial charge in [-0.05, 0) is 38.1 Å². The summed E-state index contributed by atoms with van der Waals surface area (Å²) in [6.45, 7) is 3.55. The van der Waals surface area contributed by atoms with Gasteiger partial charge in [-0.15, -0.1) is 0 Å². The molecule has 0 unspecified atom stereocenters. The first-order chi connectivity index (χ1) is 13.3. The molecule has 3 atom stereocenters. The minimum Gasteiger partial charge on any atom is -0.461 e. The van der Waals surface area contributed by atoms with Crippen LogP contribution in [0.4, 0.5) is 4.39 Å². The molecule has 148 valence electrons. The summed E-state index contributed by atoms with van der Waals surface area (Å²) in [6, 6.07) is 13.5. The SMILES string of the molecule is Cc1ccc(C(=O)OC[C@H](Br)[C@@H](OC(=O)c2ccc(C)cc2)[C@H](F)C=N)cc1. The molecule has 2 rings (SSSR count). The van der Waals surface area contributed by atoms with E-state index in [9.17, 15) is 14.0 Å². The van der Waals surface area contributed by atoms with Crippen LogP contribution in [0.25, 0.3) is 0 Å². The Morgan fingerprint density at radius 1 is 1.00 bits per heavy atom. The molecule has 0 aliphatic heterocycles. The molecule has 0 aliphatic carbocycles. The second-order valence-corrected chi connectivity index (χ2v) is 7.50. The van der Waals surface area contributed by atoms with Gasteiger partial charge >= 0.3 is 11.9 Å². The van der Waals surface area contributed by atoms with E-state index in [1.807, 2.05) is 13.8 Å². The van der Waals surface area contributed by atoms with Gasteiger partial charge in [0.15, 0.2) is 12.3 Å². The maximum atomic E-state index is 14.2. The van der Waals surface area contributed by atoms with Crippen molar-refractivity contribution in [1.82, 2.24) is 0 Å². The number of alkyl halides is 2. The van der Waals surface area contributed by atoms with Crippen molar-refractivity contribution in [3.05, 3.63) is 70.8 Å². The highest BCUT2D eigenvalue weighted by atomic mass is 79.9. The van der Waals surface area contributed by atoms with Gasteiger partial charge in [-0.3, -0.25) is 0 Å². The number of esters is 2. The second-order valence-electron chi connectivity index (χ2n) is 6.33. The Bertz CT molecular complexity index is 823. The van der Waals surface area contributed by atoms with Crippen molar-refractivity contribution in [1.29, 1.82) is 5.41 Å². The van der Waals surface area contributed by atoms with Gasteiger partial charge < -0.3 is 14.9 Å². The standard InChI is InChI=1S/C21H21BrFNO4/c1-13-3-7-15(8-4-13)20(25)27-12-17(22)19(18(23)11-24)28-21(26)16-9-5-14(2)6-10-16/h3-11,17-19,24H,12H2,1-2H3/t17-,18+,19+/m0/s1. The first kappa shape index (κ1) is 21.8. The van der Waals surface area contributed by atoms with Crippen LogP contribution in [0.15, 0.2) is 48.5 Å². The Labute approximate surface area is 171 Å². The van der Waals surface area contributed by atoms with Crippen molar-refractivity contribution >= 4 is 34.1 Å². The molecular weight excluding hydrogens is 429 g/mol. The molecule has 0 saturated carbocycles. The van der Waals surface area contributed by atoms with Crippen molar-refractivity contribution < 1.29 is 23.5 Å². The van der Waals surface area contributed by atoms with Crippen molar-refractivity contribution in [2.24, 2.45) is 0 Å². The first-order valence-electron chi connectivity index (χ1n) is 8.62. The summed E-state index contributed by atoms with van der Waals surface area (Å²) in [4.78, 5) is 23.6. The highest BCUT2D eigenvalue weighted by Crippen LogP contribution is 2.19. The molecule has 0 heterocycles. The fourth-order valence-electron chi connectivity index (χ4n) is 2.34. The van der Waals surface area contributed by atoms with Gasteiger partial charge in [-0.2, -0.15) is 0 Å².